The van der Waals surface area contributed by atoms with Gasteiger partial charge in [0.15, 0.2) is 0 Å². The second-order valence-corrected chi connectivity index (χ2v) is 3.95. The van der Waals surface area contributed by atoms with Gasteiger partial charge in [-0.05, 0) is 19.9 Å². The number of rotatable bonds is 1. The van der Waals surface area contributed by atoms with Crippen LogP contribution in [0.3, 0.4) is 0 Å². The van der Waals surface area contributed by atoms with E-state index in [1.807, 2.05) is 0 Å². The molecule has 1 rings (SSSR count). The van der Waals surface area contributed by atoms with Gasteiger partial charge in [0, 0.05) is 11.3 Å². The molecule has 11 heavy (non-hydrogen) atoms. The SMILES string of the molecule is C=C1OC(C(C)C)=CC1(C)C. The van der Waals surface area contributed by atoms with Gasteiger partial charge in [-0.3, -0.25) is 0 Å². The molecule has 1 aliphatic heterocycles. The van der Waals surface area contributed by atoms with Crippen molar-refractivity contribution in [1.29, 1.82) is 0 Å². The highest BCUT2D eigenvalue weighted by molar-refractivity contribution is 5.22. The zero-order valence-electron chi connectivity index (χ0n) is 7.77. The Labute approximate surface area is 68.8 Å². The molecule has 1 nitrogen and oxygen atoms in total. The fraction of sp³-hybridized carbons (Fsp3) is 0.600. The summed E-state index contributed by atoms with van der Waals surface area (Å²) in [4.78, 5) is 0. The third-order valence-electron chi connectivity index (χ3n) is 2.03. The monoisotopic (exact) mass is 152 g/mol. The van der Waals surface area contributed by atoms with Gasteiger partial charge in [0.1, 0.15) is 11.5 Å². The Balaban J connectivity index is 2.84. The Hall–Kier alpha value is -0.720. The van der Waals surface area contributed by atoms with Crippen molar-refractivity contribution in [3.05, 3.63) is 24.2 Å². The van der Waals surface area contributed by atoms with Gasteiger partial charge in [-0.15, -0.1) is 0 Å². The summed E-state index contributed by atoms with van der Waals surface area (Å²) in [5.74, 6) is 2.38. The molecule has 0 N–H and O–H groups in total. The number of hydrogen-bond acceptors (Lipinski definition) is 1. The molecular weight excluding hydrogens is 136 g/mol. The standard InChI is InChI=1S/C10H16O/c1-7(2)9-6-10(4,5)8(3)11-9/h6-7H,3H2,1-2,4-5H3. The van der Waals surface area contributed by atoms with Crippen molar-refractivity contribution in [3.63, 3.8) is 0 Å². The Bertz CT molecular complexity index is 209. The zero-order valence-corrected chi connectivity index (χ0v) is 7.77. The molecule has 0 aromatic carbocycles. The van der Waals surface area contributed by atoms with Crippen molar-refractivity contribution >= 4 is 0 Å². The molecule has 0 bridgehead atoms. The maximum Gasteiger partial charge on any atom is 0.106 e. The van der Waals surface area contributed by atoms with Crippen LogP contribution in [0.1, 0.15) is 27.7 Å². The van der Waals surface area contributed by atoms with Crippen LogP contribution >= 0.6 is 0 Å². The molecule has 1 heteroatoms. The fourth-order valence-corrected chi connectivity index (χ4v) is 1.02. The highest BCUT2D eigenvalue weighted by atomic mass is 16.5. The van der Waals surface area contributed by atoms with Crippen LogP contribution in [0.2, 0.25) is 0 Å². The molecule has 1 heterocycles. The van der Waals surface area contributed by atoms with Crippen LogP contribution in [-0.2, 0) is 4.74 Å². The van der Waals surface area contributed by atoms with Crippen LogP contribution in [0.25, 0.3) is 0 Å². The van der Waals surface area contributed by atoms with E-state index in [4.69, 9.17) is 4.74 Å². The van der Waals surface area contributed by atoms with Crippen LogP contribution < -0.4 is 0 Å². The van der Waals surface area contributed by atoms with Crippen molar-refractivity contribution in [2.75, 3.05) is 0 Å². The molecule has 0 saturated carbocycles. The van der Waals surface area contributed by atoms with E-state index in [1.54, 1.807) is 0 Å². The van der Waals surface area contributed by atoms with E-state index in [0.717, 1.165) is 11.5 Å². The quantitative estimate of drug-likeness (QED) is 0.561. The Morgan fingerprint density at radius 3 is 2.18 bits per heavy atom. The van der Waals surface area contributed by atoms with E-state index in [9.17, 15) is 0 Å². The third kappa shape index (κ3) is 1.47. The minimum absolute atomic E-state index is 0.0274. The van der Waals surface area contributed by atoms with Gasteiger partial charge >= 0.3 is 0 Å². The van der Waals surface area contributed by atoms with E-state index in [-0.39, 0.29) is 5.41 Å². The van der Waals surface area contributed by atoms with Crippen LogP contribution in [0.15, 0.2) is 24.2 Å². The highest BCUT2D eigenvalue weighted by Crippen LogP contribution is 2.39. The van der Waals surface area contributed by atoms with Crippen molar-refractivity contribution in [2.45, 2.75) is 27.7 Å². The van der Waals surface area contributed by atoms with Crippen LogP contribution in [0.4, 0.5) is 0 Å². The molecule has 0 aromatic heterocycles. The van der Waals surface area contributed by atoms with E-state index in [1.165, 1.54) is 0 Å². The maximum absolute atomic E-state index is 5.50. The van der Waals surface area contributed by atoms with Gasteiger partial charge in [-0.25, -0.2) is 0 Å². The molecular formula is C10H16O. The second-order valence-electron chi connectivity index (χ2n) is 3.95. The predicted octanol–water partition coefficient (Wildman–Crippen LogP) is 3.10. The predicted molar refractivity (Wildman–Crippen MR) is 46.9 cm³/mol. The summed E-state index contributed by atoms with van der Waals surface area (Å²) in [6, 6.07) is 0. The van der Waals surface area contributed by atoms with Gasteiger partial charge < -0.3 is 4.74 Å². The van der Waals surface area contributed by atoms with Gasteiger partial charge in [0.2, 0.25) is 0 Å². The number of allylic oxidation sites excluding steroid dienone is 2. The van der Waals surface area contributed by atoms with Gasteiger partial charge in [-0.2, -0.15) is 0 Å². The van der Waals surface area contributed by atoms with Crippen molar-refractivity contribution in [2.24, 2.45) is 11.3 Å². The molecule has 0 radical (unpaired) electrons. The van der Waals surface area contributed by atoms with E-state index < -0.39 is 0 Å². The molecule has 0 atom stereocenters. The lowest BCUT2D eigenvalue weighted by Gasteiger charge is -2.13. The molecule has 0 aromatic rings. The van der Waals surface area contributed by atoms with Crippen molar-refractivity contribution < 1.29 is 4.74 Å². The molecule has 0 aliphatic carbocycles. The molecule has 0 amide bonds. The van der Waals surface area contributed by atoms with Gasteiger partial charge in [0.05, 0.1) is 0 Å². The fourth-order valence-electron chi connectivity index (χ4n) is 1.02. The average molecular weight is 152 g/mol. The molecule has 0 saturated heterocycles. The van der Waals surface area contributed by atoms with Crippen LogP contribution in [-0.4, -0.2) is 0 Å². The lowest BCUT2D eigenvalue weighted by molar-refractivity contribution is 0.254. The summed E-state index contributed by atoms with van der Waals surface area (Å²) in [5.41, 5.74) is 0.0274. The van der Waals surface area contributed by atoms with E-state index in [0.29, 0.717) is 5.92 Å². The van der Waals surface area contributed by atoms with E-state index in [2.05, 4.69) is 40.3 Å². The second kappa shape index (κ2) is 2.40. The minimum atomic E-state index is 0.0274. The first-order valence-corrected chi connectivity index (χ1v) is 4.03. The zero-order chi connectivity index (χ0) is 8.65. The normalized spacial score (nSPS) is 21.9. The van der Waals surface area contributed by atoms with Crippen molar-refractivity contribution in [3.8, 4) is 0 Å². The van der Waals surface area contributed by atoms with Gasteiger partial charge in [-0.1, -0.05) is 20.4 Å². The summed E-state index contributed by atoms with van der Waals surface area (Å²) in [7, 11) is 0. The average Bonchev–Trinajstić information content (AvgIpc) is 2.08. The molecule has 62 valence electrons. The summed E-state index contributed by atoms with van der Waals surface area (Å²) in [5, 5.41) is 0. The van der Waals surface area contributed by atoms with Gasteiger partial charge in [0.25, 0.3) is 0 Å². The topological polar surface area (TPSA) is 9.23 Å². The molecule has 1 aliphatic rings. The number of hydrogen-bond donors (Lipinski definition) is 0. The Morgan fingerprint density at radius 2 is 2.00 bits per heavy atom. The third-order valence-corrected chi connectivity index (χ3v) is 2.03. The first kappa shape index (κ1) is 8.38. The summed E-state index contributed by atoms with van der Waals surface area (Å²) in [6.45, 7) is 12.3. The maximum atomic E-state index is 5.50. The lowest BCUT2D eigenvalue weighted by Crippen LogP contribution is -2.05. The minimum Gasteiger partial charge on any atom is -0.466 e. The van der Waals surface area contributed by atoms with Crippen LogP contribution in [0.5, 0.6) is 0 Å². The summed E-state index contributed by atoms with van der Waals surface area (Å²) in [6.07, 6.45) is 2.15. The highest BCUT2D eigenvalue weighted by Gasteiger charge is 2.30. The summed E-state index contributed by atoms with van der Waals surface area (Å²) >= 11 is 0. The molecule has 0 fully saturated rings. The largest absolute Gasteiger partial charge is 0.466 e. The first-order chi connectivity index (χ1) is 4.93. The lowest BCUT2D eigenvalue weighted by atomic mass is 9.92. The van der Waals surface area contributed by atoms with Crippen LogP contribution in [0, 0.1) is 11.3 Å². The summed E-state index contributed by atoms with van der Waals surface area (Å²) < 4.78 is 5.50. The molecule has 0 unspecified atom stereocenters. The van der Waals surface area contributed by atoms with E-state index >= 15 is 0 Å². The number of ether oxygens (including phenoxy) is 1. The first-order valence-electron chi connectivity index (χ1n) is 4.03. The molecule has 0 spiro atoms. The van der Waals surface area contributed by atoms with Crippen molar-refractivity contribution in [1.82, 2.24) is 0 Å². The Morgan fingerprint density at radius 1 is 1.45 bits per heavy atom. The smallest absolute Gasteiger partial charge is 0.106 e. The Kier molecular flexibility index (Phi) is 1.83.